The van der Waals surface area contributed by atoms with Gasteiger partial charge in [-0.2, -0.15) is 0 Å². The molecule has 1 aliphatic rings. The van der Waals surface area contributed by atoms with Gasteiger partial charge in [-0.25, -0.2) is 4.21 Å². The summed E-state index contributed by atoms with van der Waals surface area (Å²) in [5.74, 6) is -0.0962. The Bertz CT molecular complexity index is 976. The molecule has 3 rings (SSSR count). The number of carbonyl (C=O) groups is 3. The largest absolute Gasteiger partial charge is 0.373 e. The number of amides is 1. The predicted molar refractivity (Wildman–Crippen MR) is 115 cm³/mol. The maximum atomic E-state index is 12.6. The Kier molecular flexibility index (Phi) is 6.81. The van der Waals surface area contributed by atoms with Gasteiger partial charge in [0.2, 0.25) is 0 Å². The standard InChI is InChI=1S/C20H21N3O4S2/c1-13(24)28-12-19(25)14-5-7-15(8-6-14)22-20(26)29(27)16-10-18-17(21-11-16)4-3-9-23(18)2/h5-8,10-11H,3-4,9,12H2,1-2H3,(H,22,26). The van der Waals surface area contributed by atoms with E-state index >= 15 is 0 Å². The molecule has 152 valence electrons. The monoisotopic (exact) mass is 431 g/mol. The normalized spacial score (nSPS) is 14.1. The third-order valence-corrected chi connectivity index (χ3v) is 6.39. The Hall–Kier alpha value is -2.52. The molecule has 1 atom stereocenters. The maximum absolute atomic E-state index is 12.6. The molecule has 1 N–H and O–H groups in total. The van der Waals surface area contributed by atoms with Crippen molar-refractivity contribution < 1.29 is 18.6 Å². The van der Waals surface area contributed by atoms with E-state index in [0.717, 1.165) is 42.5 Å². The van der Waals surface area contributed by atoms with Crippen molar-refractivity contribution in [2.24, 2.45) is 0 Å². The van der Waals surface area contributed by atoms with Gasteiger partial charge >= 0.3 is 5.24 Å². The molecule has 9 heteroatoms. The summed E-state index contributed by atoms with van der Waals surface area (Å²) in [4.78, 5) is 42.1. The number of anilines is 2. The summed E-state index contributed by atoms with van der Waals surface area (Å²) >= 11 is 0.953. The zero-order valence-corrected chi connectivity index (χ0v) is 17.8. The quantitative estimate of drug-likeness (QED) is 0.726. The molecule has 1 amide bonds. The molecule has 29 heavy (non-hydrogen) atoms. The van der Waals surface area contributed by atoms with E-state index in [1.807, 2.05) is 11.9 Å². The molecule has 1 aromatic carbocycles. The topological polar surface area (TPSA) is 96.4 Å². The van der Waals surface area contributed by atoms with Crippen molar-refractivity contribution in [3.63, 3.8) is 0 Å². The molecule has 2 heterocycles. The van der Waals surface area contributed by atoms with Crippen LogP contribution in [-0.2, 0) is 22.0 Å². The Morgan fingerprint density at radius 1 is 1.24 bits per heavy atom. The van der Waals surface area contributed by atoms with E-state index in [1.54, 1.807) is 30.3 Å². The molecule has 1 unspecified atom stereocenters. The lowest BCUT2D eigenvalue weighted by Gasteiger charge is -2.26. The van der Waals surface area contributed by atoms with Gasteiger partial charge in [0.25, 0.3) is 0 Å². The molecule has 0 bridgehead atoms. The summed E-state index contributed by atoms with van der Waals surface area (Å²) < 4.78 is 12.6. The first-order chi connectivity index (χ1) is 13.8. The average molecular weight is 432 g/mol. The van der Waals surface area contributed by atoms with Crippen LogP contribution in [0.4, 0.5) is 16.2 Å². The number of fused-ring (bicyclic) bond motifs is 1. The number of aryl methyl sites for hydroxylation is 1. The van der Waals surface area contributed by atoms with Crippen LogP contribution >= 0.6 is 11.8 Å². The molecule has 0 fully saturated rings. The number of ketones is 1. The summed E-state index contributed by atoms with van der Waals surface area (Å²) in [6, 6.07) is 8.03. The van der Waals surface area contributed by atoms with Gasteiger partial charge in [-0.1, -0.05) is 11.8 Å². The lowest BCUT2D eigenvalue weighted by molar-refractivity contribution is -0.109. The predicted octanol–water partition coefficient (Wildman–Crippen LogP) is 3.27. The van der Waals surface area contributed by atoms with Crippen molar-refractivity contribution in [3.8, 4) is 0 Å². The van der Waals surface area contributed by atoms with Crippen molar-refractivity contribution in [1.29, 1.82) is 0 Å². The SMILES string of the molecule is CC(=O)SCC(=O)c1ccc(NC(=O)S(=O)c2cnc3c(c2)N(C)CCC3)cc1. The van der Waals surface area contributed by atoms with E-state index in [9.17, 15) is 18.6 Å². The third kappa shape index (κ3) is 5.30. The number of rotatable bonds is 5. The molecule has 0 saturated heterocycles. The van der Waals surface area contributed by atoms with Crippen molar-refractivity contribution in [2.45, 2.75) is 24.7 Å². The van der Waals surface area contributed by atoms with Gasteiger partial charge < -0.3 is 10.2 Å². The van der Waals surface area contributed by atoms with Gasteiger partial charge in [-0.3, -0.25) is 19.4 Å². The van der Waals surface area contributed by atoms with Crippen molar-refractivity contribution in [2.75, 3.05) is 29.6 Å². The van der Waals surface area contributed by atoms with Crippen molar-refractivity contribution >= 4 is 50.1 Å². The number of thioether (sulfide) groups is 1. The second-order valence-electron chi connectivity index (χ2n) is 6.62. The van der Waals surface area contributed by atoms with Gasteiger partial charge in [0, 0.05) is 38.0 Å². The van der Waals surface area contributed by atoms with Crippen LogP contribution in [0.1, 0.15) is 29.4 Å². The fourth-order valence-electron chi connectivity index (χ4n) is 2.95. The first-order valence-corrected chi connectivity index (χ1v) is 11.2. The first kappa shape index (κ1) is 21.2. The lowest BCUT2D eigenvalue weighted by atomic mass is 10.1. The third-order valence-electron chi connectivity index (χ3n) is 4.48. The van der Waals surface area contributed by atoms with Crippen LogP contribution in [0.3, 0.4) is 0 Å². The summed E-state index contributed by atoms with van der Waals surface area (Å²) in [6.45, 7) is 2.31. The Morgan fingerprint density at radius 3 is 2.66 bits per heavy atom. The number of aromatic nitrogens is 1. The Balaban J connectivity index is 1.65. The molecule has 7 nitrogen and oxygen atoms in total. The summed E-state index contributed by atoms with van der Waals surface area (Å²) in [5.41, 5.74) is 2.73. The van der Waals surface area contributed by atoms with Gasteiger partial charge in [0.05, 0.1) is 22.0 Å². The second kappa shape index (κ2) is 9.32. The van der Waals surface area contributed by atoms with Crippen LogP contribution in [0.25, 0.3) is 0 Å². The number of nitrogens with one attached hydrogen (secondary N) is 1. The van der Waals surface area contributed by atoms with E-state index in [2.05, 4.69) is 10.3 Å². The fourth-order valence-corrected chi connectivity index (χ4v) is 4.25. The minimum atomic E-state index is -1.91. The van der Waals surface area contributed by atoms with Gasteiger partial charge in [0.15, 0.2) is 10.9 Å². The highest BCUT2D eigenvalue weighted by Crippen LogP contribution is 2.26. The Morgan fingerprint density at radius 2 is 1.97 bits per heavy atom. The zero-order valence-electron chi connectivity index (χ0n) is 16.1. The summed E-state index contributed by atoms with van der Waals surface area (Å²) in [5, 5.41) is 1.82. The second-order valence-corrected chi connectivity index (χ2v) is 9.16. The number of hydrogen-bond acceptors (Lipinski definition) is 7. The smallest absolute Gasteiger partial charge is 0.318 e. The minimum absolute atomic E-state index is 0.0742. The van der Waals surface area contributed by atoms with Gasteiger partial charge in [-0.05, 0) is 43.2 Å². The van der Waals surface area contributed by atoms with E-state index in [4.69, 9.17) is 0 Å². The van der Waals surface area contributed by atoms with Gasteiger partial charge in [0.1, 0.15) is 10.8 Å². The van der Waals surface area contributed by atoms with Crippen LogP contribution in [0.15, 0.2) is 41.4 Å². The van der Waals surface area contributed by atoms with E-state index in [1.165, 1.54) is 13.1 Å². The van der Waals surface area contributed by atoms with Crippen LogP contribution < -0.4 is 10.2 Å². The van der Waals surface area contributed by atoms with Crippen LogP contribution in [0.2, 0.25) is 0 Å². The molecular formula is C20H21N3O4S2. The van der Waals surface area contributed by atoms with Crippen molar-refractivity contribution in [3.05, 3.63) is 47.8 Å². The highest BCUT2D eigenvalue weighted by atomic mass is 32.2. The molecule has 1 aromatic heterocycles. The molecule has 2 aromatic rings. The minimum Gasteiger partial charge on any atom is -0.373 e. The molecule has 0 saturated carbocycles. The molecule has 1 aliphatic heterocycles. The van der Waals surface area contributed by atoms with Crippen LogP contribution in [0.5, 0.6) is 0 Å². The number of nitrogens with zero attached hydrogens (tertiary/aromatic N) is 2. The fraction of sp³-hybridized carbons (Fsp3) is 0.300. The highest BCUT2D eigenvalue weighted by molar-refractivity contribution is 8.14. The number of Topliss-reactive ketones (excluding diaryl/α,β-unsaturated/α-hetero) is 1. The average Bonchev–Trinajstić information content (AvgIpc) is 2.72. The van der Waals surface area contributed by atoms with E-state index < -0.39 is 16.0 Å². The number of pyridine rings is 1. The lowest BCUT2D eigenvalue weighted by Crippen LogP contribution is -2.26. The van der Waals surface area contributed by atoms with Gasteiger partial charge in [-0.15, -0.1) is 0 Å². The summed E-state index contributed by atoms with van der Waals surface area (Å²) in [7, 11) is 0.0376. The number of hydrogen-bond donors (Lipinski definition) is 1. The molecule has 0 spiro atoms. The van der Waals surface area contributed by atoms with E-state index in [-0.39, 0.29) is 16.7 Å². The highest BCUT2D eigenvalue weighted by Gasteiger charge is 2.20. The number of benzene rings is 1. The molecule has 0 aliphatic carbocycles. The van der Waals surface area contributed by atoms with E-state index in [0.29, 0.717) is 16.1 Å². The Labute approximate surface area is 175 Å². The zero-order chi connectivity index (χ0) is 21.0. The molecular weight excluding hydrogens is 410 g/mol. The molecule has 0 radical (unpaired) electrons. The summed E-state index contributed by atoms with van der Waals surface area (Å²) in [6.07, 6.45) is 3.38. The van der Waals surface area contributed by atoms with Crippen LogP contribution in [-0.4, -0.2) is 44.7 Å². The van der Waals surface area contributed by atoms with Crippen LogP contribution in [0, 0.1) is 0 Å². The van der Waals surface area contributed by atoms with Crippen molar-refractivity contribution in [1.82, 2.24) is 4.98 Å². The maximum Gasteiger partial charge on any atom is 0.318 e. The first-order valence-electron chi connectivity index (χ1n) is 9.04. The number of carbonyl (C=O) groups excluding carboxylic acids is 3.